The summed E-state index contributed by atoms with van der Waals surface area (Å²) in [5.41, 5.74) is 1.33. The van der Waals surface area contributed by atoms with Gasteiger partial charge < -0.3 is 14.6 Å². The van der Waals surface area contributed by atoms with Crippen molar-refractivity contribution in [2.24, 2.45) is 11.8 Å². The number of nitrogens with one attached hydrogen (secondary N) is 1. The smallest absolute Gasteiger partial charge is 0.226 e. The molecule has 1 unspecified atom stereocenters. The number of amides is 1. The zero-order chi connectivity index (χ0) is 15.6. The van der Waals surface area contributed by atoms with Crippen LogP contribution in [0.1, 0.15) is 31.4 Å². The van der Waals surface area contributed by atoms with Crippen molar-refractivity contribution in [3.63, 3.8) is 0 Å². The molecule has 1 aromatic rings. The first-order valence-corrected chi connectivity index (χ1v) is 9.03. The molecular formula is C18H27N3O2. The van der Waals surface area contributed by atoms with E-state index in [-0.39, 0.29) is 11.8 Å². The minimum absolute atomic E-state index is 0.0465. The van der Waals surface area contributed by atoms with Gasteiger partial charge in [-0.2, -0.15) is 0 Å². The lowest BCUT2D eigenvalue weighted by molar-refractivity contribution is -0.126. The lowest BCUT2D eigenvalue weighted by atomic mass is 10.0. The summed E-state index contributed by atoms with van der Waals surface area (Å²) < 4.78 is 7.78. The van der Waals surface area contributed by atoms with Gasteiger partial charge in [-0.3, -0.25) is 9.69 Å². The first kappa shape index (κ1) is 15.2. The van der Waals surface area contributed by atoms with E-state index in [1.165, 1.54) is 18.5 Å². The van der Waals surface area contributed by atoms with Gasteiger partial charge in [0.25, 0.3) is 0 Å². The van der Waals surface area contributed by atoms with Crippen LogP contribution >= 0.6 is 0 Å². The number of rotatable bonds is 4. The monoisotopic (exact) mass is 317 g/mol. The molecule has 2 aliphatic heterocycles. The summed E-state index contributed by atoms with van der Waals surface area (Å²) in [6.45, 7) is 5.18. The Balaban J connectivity index is 1.47. The Morgan fingerprint density at radius 2 is 2.04 bits per heavy atom. The van der Waals surface area contributed by atoms with Gasteiger partial charge in [-0.05, 0) is 43.7 Å². The quantitative estimate of drug-likeness (QED) is 0.918. The Morgan fingerprint density at radius 1 is 1.22 bits per heavy atom. The van der Waals surface area contributed by atoms with Crippen LogP contribution in [0.25, 0.3) is 0 Å². The highest BCUT2D eigenvalue weighted by molar-refractivity contribution is 5.79. The number of carbonyl (C=O) groups excluding carboxylic acids is 1. The normalized spacial score (nSPS) is 26.5. The zero-order valence-electron chi connectivity index (χ0n) is 13.7. The molecule has 1 amide bonds. The van der Waals surface area contributed by atoms with Crippen LogP contribution in [0.5, 0.6) is 0 Å². The number of fused-ring (bicyclic) bond motifs is 1. The van der Waals surface area contributed by atoms with Gasteiger partial charge in [0.1, 0.15) is 0 Å². The van der Waals surface area contributed by atoms with E-state index >= 15 is 0 Å². The number of hydrogen-bond donors (Lipinski definition) is 1. The van der Waals surface area contributed by atoms with Crippen molar-refractivity contribution in [2.75, 3.05) is 26.3 Å². The Morgan fingerprint density at radius 3 is 2.83 bits per heavy atom. The second kappa shape index (κ2) is 6.65. The summed E-state index contributed by atoms with van der Waals surface area (Å²) in [7, 11) is 0. The molecule has 1 aliphatic carbocycles. The molecule has 1 aromatic heterocycles. The van der Waals surface area contributed by atoms with Crippen LogP contribution in [0, 0.1) is 11.8 Å². The number of ether oxygens (including phenoxy) is 1. The van der Waals surface area contributed by atoms with Crippen LogP contribution in [0.2, 0.25) is 0 Å². The topological polar surface area (TPSA) is 46.5 Å². The molecular weight excluding hydrogens is 290 g/mol. The van der Waals surface area contributed by atoms with Gasteiger partial charge in [0.05, 0.1) is 5.92 Å². The van der Waals surface area contributed by atoms with Crippen molar-refractivity contribution < 1.29 is 9.53 Å². The predicted molar refractivity (Wildman–Crippen MR) is 87.9 cm³/mol. The molecule has 1 N–H and O–H groups in total. The molecule has 0 aromatic carbocycles. The minimum Gasteiger partial charge on any atom is -0.381 e. The van der Waals surface area contributed by atoms with Gasteiger partial charge in [-0.25, -0.2) is 0 Å². The zero-order valence-corrected chi connectivity index (χ0v) is 13.7. The van der Waals surface area contributed by atoms with Gasteiger partial charge in [-0.1, -0.05) is 0 Å². The summed E-state index contributed by atoms with van der Waals surface area (Å²) in [5, 5.41) is 3.18. The second-order valence-electron chi connectivity index (χ2n) is 7.31. The Hall–Kier alpha value is -1.33. The van der Waals surface area contributed by atoms with E-state index in [2.05, 4.69) is 33.1 Å². The molecule has 3 heterocycles. The van der Waals surface area contributed by atoms with E-state index < -0.39 is 0 Å². The van der Waals surface area contributed by atoms with E-state index in [1.54, 1.807) is 0 Å². The third kappa shape index (κ3) is 3.61. The maximum absolute atomic E-state index is 12.7. The van der Waals surface area contributed by atoms with E-state index in [4.69, 9.17) is 4.74 Å². The van der Waals surface area contributed by atoms with Crippen molar-refractivity contribution in [3.05, 3.63) is 24.0 Å². The van der Waals surface area contributed by atoms with Crippen molar-refractivity contribution in [1.29, 1.82) is 0 Å². The molecule has 5 heteroatoms. The van der Waals surface area contributed by atoms with E-state index in [0.29, 0.717) is 6.04 Å². The molecule has 23 heavy (non-hydrogen) atoms. The summed E-state index contributed by atoms with van der Waals surface area (Å²) >= 11 is 0. The SMILES string of the molecule is O=C(NCC1CC1)C1CN(C2CCOCC2)Cc2cccn2C1. The highest BCUT2D eigenvalue weighted by atomic mass is 16.5. The Kier molecular flexibility index (Phi) is 4.40. The molecule has 1 saturated carbocycles. The molecule has 0 bridgehead atoms. The summed E-state index contributed by atoms with van der Waals surface area (Å²) in [4.78, 5) is 15.2. The standard InChI is InChI=1S/C18H27N3O2/c22-18(19-10-14-3-4-14)15-11-20-7-1-2-17(20)13-21(12-15)16-5-8-23-9-6-16/h1-2,7,14-16H,3-6,8-13H2,(H,19,22). The van der Waals surface area contributed by atoms with Gasteiger partial charge in [-0.15, -0.1) is 0 Å². The first-order chi connectivity index (χ1) is 11.3. The van der Waals surface area contributed by atoms with Gasteiger partial charge in [0.2, 0.25) is 5.91 Å². The van der Waals surface area contributed by atoms with Crippen molar-refractivity contribution >= 4 is 5.91 Å². The maximum Gasteiger partial charge on any atom is 0.226 e. The third-order valence-electron chi connectivity index (χ3n) is 5.50. The van der Waals surface area contributed by atoms with Crippen molar-refractivity contribution in [3.8, 4) is 0 Å². The third-order valence-corrected chi connectivity index (χ3v) is 5.50. The van der Waals surface area contributed by atoms with E-state index in [9.17, 15) is 4.79 Å². The average molecular weight is 317 g/mol. The Bertz CT molecular complexity index is 546. The van der Waals surface area contributed by atoms with Crippen LogP contribution < -0.4 is 5.32 Å². The molecule has 1 atom stereocenters. The van der Waals surface area contributed by atoms with Crippen LogP contribution in [-0.4, -0.2) is 47.7 Å². The van der Waals surface area contributed by atoms with Crippen LogP contribution in [0.3, 0.4) is 0 Å². The predicted octanol–water partition coefficient (Wildman–Crippen LogP) is 1.63. The molecule has 4 rings (SSSR count). The van der Waals surface area contributed by atoms with E-state index in [1.807, 2.05) is 0 Å². The largest absolute Gasteiger partial charge is 0.381 e. The van der Waals surface area contributed by atoms with Gasteiger partial charge >= 0.3 is 0 Å². The molecule has 5 nitrogen and oxygen atoms in total. The summed E-state index contributed by atoms with van der Waals surface area (Å²) in [5.74, 6) is 1.01. The first-order valence-electron chi connectivity index (χ1n) is 9.03. The fraction of sp³-hybridized carbons (Fsp3) is 0.722. The fourth-order valence-corrected chi connectivity index (χ4v) is 3.83. The van der Waals surface area contributed by atoms with Gasteiger partial charge in [0, 0.05) is 57.3 Å². The highest BCUT2D eigenvalue weighted by Gasteiger charge is 2.32. The van der Waals surface area contributed by atoms with Crippen LogP contribution in [0.4, 0.5) is 0 Å². The van der Waals surface area contributed by atoms with Gasteiger partial charge in [0.15, 0.2) is 0 Å². The van der Waals surface area contributed by atoms with Crippen molar-refractivity contribution in [1.82, 2.24) is 14.8 Å². The molecule has 1 saturated heterocycles. The van der Waals surface area contributed by atoms with Crippen molar-refractivity contribution in [2.45, 2.75) is 44.8 Å². The highest BCUT2D eigenvalue weighted by Crippen LogP contribution is 2.28. The number of carbonyl (C=O) groups is 1. The molecule has 0 spiro atoms. The molecule has 2 fully saturated rings. The number of nitrogens with zero attached hydrogens (tertiary/aromatic N) is 2. The van der Waals surface area contributed by atoms with E-state index in [0.717, 1.165) is 58.2 Å². The fourth-order valence-electron chi connectivity index (χ4n) is 3.83. The maximum atomic E-state index is 12.7. The Labute approximate surface area is 138 Å². The summed E-state index contributed by atoms with van der Waals surface area (Å²) in [6.07, 6.45) is 6.83. The minimum atomic E-state index is 0.0465. The number of hydrogen-bond acceptors (Lipinski definition) is 3. The molecule has 126 valence electrons. The number of aromatic nitrogens is 1. The lowest BCUT2D eigenvalue weighted by Gasteiger charge is -2.34. The van der Waals surface area contributed by atoms with Crippen LogP contribution in [0.15, 0.2) is 18.3 Å². The molecule has 0 radical (unpaired) electrons. The van der Waals surface area contributed by atoms with Crippen LogP contribution in [-0.2, 0) is 22.6 Å². The lowest BCUT2D eigenvalue weighted by Crippen LogP contribution is -2.44. The average Bonchev–Trinajstić information content (AvgIpc) is 3.35. The molecule has 3 aliphatic rings. The summed E-state index contributed by atoms with van der Waals surface area (Å²) in [6, 6.07) is 4.84. The second-order valence-corrected chi connectivity index (χ2v) is 7.31.